The zero-order valence-electron chi connectivity index (χ0n) is 17.0. The lowest BCUT2D eigenvalue weighted by Gasteiger charge is -2.25. The van der Waals surface area contributed by atoms with E-state index >= 15 is 0 Å². The molecule has 0 aliphatic rings. The van der Waals surface area contributed by atoms with Crippen molar-refractivity contribution in [2.75, 3.05) is 4.90 Å². The molecule has 29 heavy (non-hydrogen) atoms. The van der Waals surface area contributed by atoms with E-state index in [4.69, 9.17) is 16.6 Å². The van der Waals surface area contributed by atoms with Gasteiger partial charge in [0.05, 0.1) is 5.52 Å². The summed E-state index contributed by atoms with van der Waals surface area (Å²) >= 11 is 6.69. The highest BCUT2D eigenvalue weighted by molar-refractivity contribution is 6.31. The van der Waals surface area contributed by atoms with Gasteiger partial charge < -0.3 is 9.88 Å². The maximum Gasteiger partial charge on any atom is 0.155 e. The smallest absolute Gasteiger partial charge is 0.155 e. The van der Waals surface area contributed by atoms with Crippen molar-refractivity contribution in [3.63, 3.8) is 0 Å². The molecular formula is C25H26ClN3. The van der Waals surface area contributed by atoms with Crippen LogP contribution >= 0.6 is 11.6 Å². The molecule has 0 saturated heterocycles. The number of hydrogen-bond donors (Lipinski definition) is 1. The fraction of sp³-hybridized carbons (Fsp3) is 0.240. The number of aryl methyl sites for hydroxylation is 2. The molecular weight excluding hydrogens is 378 g/mol. The maximum atomic E-state index is 6.69. The normalized spacial score (nSPS) is 11.1. The number of hydrogen-bond acceptors (Lipinski definition) is 2. The van der Waals surface area contributed by atoms with Crippen LogP contribution in [0.2, 0.25) is 5.15 Å². The minimum Gasteiger partial charge on any atom is -0.356 e. The summed E-state index contributed by atoms with van der Waals surface area (Å²) < 4.78 is 0. The molecule has 0 amide bonds. The molecule has 0 saturated carbocycles. The molecule has 0 radical (unpaired) electrons. The first kappa shape index (κ1) is 19.5. The Balaban J connectivity index is 1.83. The lowest BCUT2D eigenvalue weighted by molar-refractivity contribution is 0.785. The molecule has 2 heterocycles. The quantitative estimate of drug-likeness (QED) is 0.349. The average Bonchev–Trinajstić information content (AvgIpc) is 3.12. The van der Waals surface area contributed by atoms with E-state index in [2.05, 4.69) is 78.3 Å². The average molecular weight is 404 g/mol. The van der Waals surface area contributed by atoms with E-state index in [1.165, 1.54) is 16.5 Å². The number of nitrogens with one attached hydrogen (secondary N) is 1. The van der Waals surface area contributed by atoms with Crippen LogP contribution in [0.5, 0.6) is 0 Å². The van der Waals surface area contributed by atoms with Crippen LogP contribution in [-0.2, 0) is 19.5 Å². The van der Waals surface area contributed by atoms with E-state index in [9.17, 15) is 0 Å². The number of benzene rings is 2. The summed E-state index contributed by atoms with van der Waals surface area (Å²) in [5, 5.41) is 1.80. The lowest BCUT2D eigenvalue weighted by atomic mass is 10.1. The van der Waals surface area contributed by atoms with Gasteiger partial charge >= 0.3 is 0 Å². The van der Waals surface area contributed by atoms with E-state index < -0.39 is 0 Å². The van der Waals surface area contributed by atoms with E-state index in [-0.39, 0.29) is 0 Å². The standard InChI is InChI=1S/C25H26ClN3/c1-3-10-21-22-15-18(2)27-23(22)25(28-24(21)26)29(16-19-11-6-4-7-12-19)17-20-13-8-5-9-14-20/h4-9,11-15,27H,3,10,16-17H2,1-2H3. The second-order valence-corrected chi connectivity index (χ2v) is 7.88. The highest BCUT2D eigenvalue weighted by atomic mass is 35.5. The van der Waals surface area contributed by atoms with Crippen molar-refractivity contribution < 1.29 is 0 Å². The number of aromatic amines is 1. The lowest BCUT2D eigenvalue weighted by Crippen LogP contribution is -2.24. The monoisotopic (exact) mass is 403 g/mol. The van der Waals surface area contributed by atoms with E-state index in [0.29, 0.717) is 5.15 Å². The number of aromatic nitrogens is 2. The predicted molar refractivity (Wildman–Crippen MR) is 123 cm³/mol. The molecule has 4 heteroatoms. The SMILES string of the molecule is CCCc1c(Cl)nc(N(Cc2ccccc2)Cc2ccccc2)c2[nH]c(C)cc12. The van der Waals surface area contributed by atoms with Gasteiger partial charge in [-0.1, -0.05) is 85.6 Å². The molecule has 2 aromatic carbocycles. The summed E-state index contributed by atoms with van der Waals surface area (Å²) in [6.45, 7) is 5.79. The Bertz CT molecular complexity index is 1050. The minimum absolute atomic E-state index is 0.611. The van der Waals surface area contributed by atoms with Gasteiger partial charge in [-0.05, 0) is 36.1 Å². The Hall–Kier alpha value is -2.78. The largest absolute Gasteiger partial charge is 0.356 e. The van der Waals surface area contributed by atoms with E-state index in [0.717, 1.165) is 48.5 Å². The van der Waals surface area contributed by atoms with Crippen LogP contribution in [0.3, 0.4) is 0 Å². The highest BCUT2D eigenvalue weighted by Gasteiger charge is 2.19. The number of nitrogens with zero attached hydrogens (tertiary/aromatic N) is 2. The molecule has 0 bridgehead atoms. The Morgan fingerprint density at radius 2 is 1.52 bits per heavy atom. The van der Waals surface area contributed by atoms with E-state index in [1.54, 1.807) is 0 Å². The molecule has 0 spiro atoms. The van der Waals surface area contributed by atoms with E-state index in [1.807, 2.05) is 12.1 Å². The van der Waals surface area contributed by atoms with Gasteiger partial charge in [0.2, 0.25) is 0 Å². The summed E-state index contributed by atoms with van der Waals surface area (Å²) in [5.74, 6) is 0.908. The van der Waals surface area contributed by atoms with Gasteiger partial charge in [-0.25, -0.2) is 4.98 Å². The number of rotatable bonds is 7. The van der Waals surface area contributed by atoms with Crippen LogP contribution in [0.25, 0.3) is 10.9 Å². The van der Waals surface area contributed by atoms with Gasteiger partial charge in [-0.15, -0.1) is 0 Å². The number of H-pyrrole nitrogens is 1. The van der Waals surface area contributed by atoms with Crippen LogP contribution in [0, 0.1) is 6.92 Å². The molecule has 0 aliphatic heterocycles. The van der Waals surface area contributed by atoms with Crippen molar-refractivity contribution in [2.45, 2.75) is 39.8 Å². The second kappa shape index (κ2) is 8.71. The number of fused-ring (bicyclic) bond motifs is 1. The molecule has 0 unspecified atom stereocenters. The van der Waals surface area contributed by atoms with Gasteiger partial charge in [-0.3, -0.25) is 0 Å². The first-order valence-corrected chi connectivity index (χ1v) is 10.5. The molecule has 0 aliphatic carbocycles. The Labute approximate surface area is 177 Å². The highest BCUT2D eigenvalue weighted by Crippen LogP contribution is 2.34. The van der Waals surface area contributed by atoms with Crippen molar-refractivity contribution in [3.05, 3.63) is 94.3 Å². The second-order valence-electron chi connectivity index (χ2n) is 7.52. The maximum absolute atomic E-state index is 6.69. The number of pyridine rings is 1. The summed E-state index contributed by atoms with van der Waals surface area (Å²) in [5.41, 5.74) is 5.83. The Morgan fingerprint density at radius 3 is 2.07 bits per heavy atom. The zero-order valence-corrected chi connectivity index (χ0v) is 17.7. The predicted octanol–water partition coefficient (Wildman–Crippen LogP) is 6.68. The first-order valence-electron chi connectivity index (χ1n) is 10.2. The fourth-order valence-electron chi connectivity index (χ4n) is 3.86. The van der Waals surface area contributed by atoms with Crippen molar-refractivity contribution >= 4 is 28.3 Å². The summed E-state index contributed by atoms with van der Waals surface area (Å²) in [6.07, 6.45) is 1.97. The number of anilines is 1. The Kier molecular flexibility index (Phi) is 5.86. The first-order chi connectivity index (χ1) is 14.2. The summed E-state index contributed by atoms with van der Waals surface area (Å²) in [4.78, 5) is 10.7. The zero-order chi connectivity index (χ0) is 20.2. The van der Waals surface area contributed by atoms with Gasteiger partial charge in [0.1, 0.15) is 5.15 Å². The minimum atomic E-state index is 0.611. The van der Waals surface area contributed by atoms with Gasteiger partial charge in [0.25, 0.3) is 0 Å². The number of halogens is 1. The third-order valence-corrected chi connectivity index (χ3v) is 5.50. The molecule has 0 atom stereocenters. The van der Waals surface area contributed by atoms with Crippen LogP contribution < -0.4 is 4.90 Å². The topological polar surface area (TPSA) is 31.9 Å². The van der Waals surface area contributed by atoms with Crippen LogP contribution in [-0.4, -0.2) is 9.97 Å². The van der Waals surface area contributed by atoms with Crippen molar-refractivity contribution in [1.82, 2.24) is 9.97 Å². The van der Waals surface area contributed by atoms with Gasteiger partial charge in [0.15, 0.2) is 5.82 Å². The molecule has 1 N–H and O–H groups in total. The van der Waals surface area contributed by atoms with Crippen LogP contribution in [0.15, 0.2) is 66.7 Å². The van der Waals surface area contributed by atoms with Crippen LogP contribution in [0.4, 0.5) is 5.82 Å². The summed E-state index contributed by atoms with van der Waals surface area (Å²) in [6, 6.07) is 23.2. The third kappa shape index (κ3) is 4.30. The van der Waals surface area contributed by atoms with Gasteiger partial charge in [-0.2, -0.15) is 0 Å². The van der Waals surface area contributed by atoms with Gasteiger partial charge in [0, 0.05) is 24.2 Å². The Morgan fingerprint density at radius 1 is 0.931 bits per heavy atom. The van der Waals surface area contributed by atoms with Crippen molar-refractivity contribution in [1.29, 1.82) is 0 Å². The van der Waals surface area contributed by atoms with Crippen molar-refractivity contribution in [3.8, 4) is 0 Å². The molecule has 2 aromatic heterocycles. The van der Waals surface area contributed by atoms with Crippen molar-refractivity contribution in [2.24, 2.45) is 0 Å². The summed E-state index contributed by atoms with van der Waals surface area (Å²) in [7, 11) is 0. The molecule has 4 aromatic rings. The molecule has 0 fully saturated rings. The van der Waals surface area contributed by atoms with Crippen LogP contribution in [0.1, 0.15) is 35.7 Å². The third-order valence-electron chi connectivity index (χ3n) is 5.19. The molecule has 148 valence electrons. The molecule has 3 nitrogen and oxygen atoms in total. The fourth-order valence-corrected chi connectivity index (χ4v) is 4.14. The molecule has 4 rings (SSSR count).